The van der Waals surface area contributed by atoms with Crippen LogP contribution in [0.5, 0.6) is 0 Å². The molecule has 0 aromatic heterocycles. The van der Waals surface area contributed by atoms with Gasteiger partial charge in [-0.2, -0.15) is 0 Å². The van der Waals surface area contributed by atoms with Gasteiger partial charge in [0.2, 0.25) is 0 Å². The van der Waals surface area contributed by atoms with Crippen LogP contribution in [-0.4, -0.2) is 23.5 Å². The van der Waals surface area contributed by atoms with E-state index in [0.29, 0.717) is 11.3 Å². The number of urea groups is 1. The Hall–Kier alpha value is -3.18. The van der Waals surface area contributed by atoms with Crippen molar-refractivity contribution in [3.8, 4) is 0 Å². The van der Waals surface area contributed by atoms with Gasteiger partial charge in [-0.25, -0.2) is 4.79 Å². The summed E-state index contributed by atoms with van der Waals surface area (Å²) in [5.41, 5.74) is 1.79. The van der Waals surface area contributed by atoms with E-state index in [4.69, 9.17) is 0 Å². The first kappa shape index (κ1) is 17.6. The lowest BCUT2D eigenvalue weighted by atomic mass is 10.0. The van der Waals surface area contributed by atoms with Gasteiger partial charge in [-0.15, -0.1) is 0 Å². The molecule has 0 heterocycles. The third kappa shape index (κ3) is 4.26. The number of ketones is 1. The molecule has 0 spiro atoms. The van der Waals surface area contributed by atoms with Gasteiger partial charge in [0.05, 0.1) is 6.10 Å². The predicted molar refractivity (Wildman–Crippen MR) is 102 cm³/mol. The molecule has 5 nitrogen and oxygen atoms in total. The van der Waals surface area contributed by atoms with Gasteiger partial charge in [0, 0.05) is 17.8 Å². The second-order valence-corrected chi connectivity index (χ2v) is 6.09. The molecule has 5 heteroatoms. The maximum absolute atomic E-state index is 12.0. The molecule has 2 amide bonds. The number of carbonyl (C=O) groups excluding carboxylic acids is 2. The first-order valence-electron chi connectivity index (χ1n) is 8.35. The first-order chi connectivity index (χ1) is 12.5. The number of amides is 2. The highest BCUT2D eigenvalue weighted by atomic mass is 16.3. The maximum Gasteiger partial charge on any atom is 0.319 e. The maximum atomic E-state index is 12.0. The molecule has 0 aliphatic carbocycles. The summed E-state index contributed by atoms with van der Waals surface area (Å²) in [5.74, 6) is -0.0687. The van der Waals surface area contributed by atoms with Crippen LogP contribution in [0.2, 0.25) is 0 Å². The minimum Gasteiger partial charge on any atom is -0.387 e. The summed E-state index contributed by atoms with van der Waals surface area (Å²) < 4.78 is 0. The van der Waals surface area contributed by atoms with Crippen LogP contribution in [-0.2, 0) is 0 Å². The number of aliphatic hydroxyl groups is 1. The molecule has 0 aliphatic heterocycles. The van der Waals surface area contributed by atoms with Crippen LogP contribution >= 0.6 is 0 Å². The molecule has 0 bridgehead atoms. The average Bonchev–Trinajstić information content (AvgIpc) is 2.66. The summed E-state index contributed by atoms with van der Waals surface area (Å²) in [6, 6.07) is 19.9. The van der Waals surface area contributed by atoms with Crippen molar-refractivity contribution in [2.24, 2.45) is 0 Å². The Morgan fingerprint density at radius 2 is 1.73 bits per heavy atom. The number of fused-ring (bicyclic) bond motifs is 1. The summed E-state index contributed by atoms with van der Waals surface area (Å²) in [4.78, 5) is 23.4. The van der Waals surface area contributed by atoms with Gasteiger partial charge < -0.3 is 15.7 Å². The number of rotatable bonds is 5. The van der Waals surface area contributed by atoms with Crippen molar-refractivity contribution in [1.29, 1.82) is 0 Å². The van der Waals surface area contributed by atoms with Gasteiger partial charge in [0.25, 0.3) is 0 Å². The van der Waals surface area contributed by atoms with Crippen molar-refractivity contribution in [3.05, 3.63) is 77.9 Å². The predicted octanol–water partition coefficient (Wildman–Crippen LogP) is 3.90. The molecule has 3 aromatic carbocycles. The Kier molecular flexibility index (Phi) is 5.29. The number of Topliss-reactive ketones (excluding diaryl/α,β-unsaturated/α-hetero) is 1. The van der Waals surface area contributed by atoms with Crippen LogP contribution in [0.3, 0.4) is 0 Å². The fraction of sp³-hybridized carbons (Fsp3) is 0.143. The Morgan fingerprint density at radius 3 is 2.50 bits per heavy atom. The fourth-order valence-electron chi connectivity index (χ4n) is 2.71. The zero-order chi connectivity index (χ0) is 18.5. The van der Waals surface area contributed by atoms with E-state index in [2.05, 4.69) is 10.6 Å². The molecule has 132 valence electrons. The largest absolute Gasteiger partial charge is 0.387 e. The van der Waals surface area contributed by atoms with E-state index < -0.39 is 12.1 Å². The third-order valence-corrected chi connectivity index (χ3v) is 4.14. The van der Waals surface area contributed by atoms with Crippen LogP contribution in [0.15, 0.2) is 66.7 Å². The SMILES string of the molecule is CC(=O)c1cccc(NC(=O)NCC(O)c2ccc3ccccc3c2)c1. The van der Waals surface area contributed by atoms with Gasteiger partial charge in [0.1, 0.15) is 0 Å². The van der Waals surface area contributed by atoms with E-state index in [1.165, 1.54) is 6.92 Å². The minimum absolute atomic E-state index is 0.0687. The molecule has 1 atom stereocenters. The lowest BCUT2D eigenvalue weighted by molar-refractivity contribution is 0.101. The molecule has 26 heavy (non-hydrogen) atoms. The Labute approximate surface area is 151 Å². The standard InChI is InChI=1S/C21H20N2O3/c1-14(24)16-7-4-8-19(12-16)23-21(26)22-13-20(25)18-10-9-15-5-2-3-6-17(15)11-18/h2-12,20,25H,13H2,1H3,(H2,22,23,26). The van der Waals surface area contributed by atoms with Crippen molar-refractivity contribution in [2.75, 3.05) is 11.9 Å². The van der Waals surface area contributed by atoms with E-state index in [9.17, 15) is 14.7 Å². The molecule has 0 aliphatic rings. The average molecular weight is 348 g/mol. The van der Waals surface area contributed by atoms with Gasteiger partial charge in [-0.3, -0.25) is 4.79 Å². The molecule has 3 rings (SSSR count). The molecule has 3 aromatic rings. The number of hydrogen-bond acceptors (Lipinski definition) is 3. The monoisotopic (exact) mass is 348 g/mol. The smallest absolute Gasteiger partial charge is 0.319 e. The summed E-state index contributed by atoms with van der Waals surface area (Å²) in [6.07, 6.45) is -0.811. The van der Waals surface area contributed by atoms with Crippen LogP contribution < -0.4 is 10.6 Å². The fourth-order valence-corrected chi connectivity index (χ4v) is 2.71. The molecular weight excluding hydrogens is 328 g/mol. The zero-order valence-electron chi connectivity index (χ0n) is 14.4. The molecule has 3 N–H and O–H groups in total. The van der Waals surface area contributed by atoms with E-state index in [1.54, 1.807) is 24.3 Å². The van der Waals surface area contributed by atoms with Gasteiger partial charge in [0.15, 0.2) is 5.78 Å². The Balaban J connectivity index is 1.59. The summed E-state index contributed by atoms with van der Waals surface area (Å²) in [7, 11) is 0. The van der Waals surface area contributed by atoms with E-state index in [-0.39, 0.29) is 12.3 Å². The van der Waals surface area contributed by atoms with Crippen molar-refractivity contribution < 1.29 is 14.7 Å². The number of anilines is 1. The van der Waals surface area contributed by atoms with Crippen LogP contribution in [0.4, 0.5) is 10.5 Å². The molecule has 0 saturated heterocycles. The van der Waals surface area contributed by atoms with Crippen LogP contribution in [0.25, 0.3) is 10.8 Å². The number of nitrogens with one attached hydrogen (secondary N) is 2. The van der Waals surface area contributed by atoms with Gasteiger partial charge in [-0.05, 0) is 41.5 Å². The summed E-state index contributed by atoms with van der Waals surface area (Å²) in [5, 5.41) is 17.8. The second kappa shape index (κ2) is 7.80. The minimum atomic E-state index is -0.811. The number of aliphatic hydroxyl groups excluding tert-OH is 1. The quantitative estimate of drug-likeness (QED) is 0.612. The van der Waals surface area contributed by atoms with E-state index in [0.717, 1.165) is 16.3 Å². The molecule has 0 radical (unpaired) electrons. The van der Waals surface area contributed by atoms with Crippen molar-refractivity contribution in [3.63, 3.8) is 0 Å². The van der Waals surface area contributed by atoms with Gasteiger partial charge >= 0.3 is 6.03 Å². The van der Waals surface area contributed by atoms with Gasteiger partial charge in [-0.1, -0.05) is 48.5 Å². The molecule has 0 saturated carbocycles. The van der Waals surface area contributed by atoms with Crippen molar-refractivity contribution in [1.82, 2.24) is 5.32 Å². The number of benzene rings is 3. The highest BCUT2D eigenvalue weighted by molar-refractivity contribution is 5.96. The third-order valence-electron chi connectivity index (χ3n) is 4.14. The second-order valence-electron chi connectivity index (χ2n) is 6.09. The topological polar surface area (TPSA) is 78.4 Å². The van der Waals surface area contributed by atoms with Crippen molar-refractivity contribution in [2.45, 2.75) is 13.0 Å². The number of carbonyl (C=O) groups is 2. The lowest BCUT2D eigenvalue weighted by Crippen LogP contribution is -2.32. The Morgan fingerprint density at radius 1 is 0.962 bits per heavy atom. The summed E-state index contributed by atoms with van der Waals surface area (Å²) >= 11 is 0. The number of hydrogen-bond donors (Lipinski definition) is 3. The molecule has 0 fully saturated rings. The van der Waals surface area contributed by atoms with Crippen LogP contribution in [0, 0.1) is 0 Å². The normalized spacial score (nSPS) is 11.8. The highest BCUT2D eigenvalue weighted by Crippen LogP contribution is 2.20. The highest BCUT2D eigenvalue weighted by Gasteiger charge is 2.11. The van der Waals surface area contributed by atoms with E-state index in [1.807, 2.05) is 42.5 Å². The van der Waals surface area contributed by atoms with Crippen LogP contribution in [0.1, 0.15) is 28.9 Å². The zero-order valence-corrected chi connectivity index (χ0v) is 14.4. The molecular formula is C21H20N2O3. The lowest BCUT2D eigenvalue weighted by Gasteiger charge is -2.14. The Bertz CT molecular complexity index is 953. The summed E-state index contributed by atoms with van der Waals surface area (Å²) in [6.45, 7) is 1.55. The van der Waals surface area contributed by atoms with E-state index >= 15 is 0 Å². The van der Waals surface area contributed by atoms with Crippen molar-refractivity contribution >= 4 is 28.3 Å². The molecule has 1 unspecified atom stereocenters. The first-order valence-corrected chi connectivity index (χ1v) is 8.35.